The van der Waals surface area contributed by atoms with Crippen molar-refractivity contribution in [2.24, 2.45) is 58.2 Å². The van der Waals surface area contributed by atoms with Crippen LogP contribution in [0.4, 0.5) is 0 Å². The lowest BCUT2D eigenvalue weighted by Crippen LogP contribution is -2.61. The fourth-order valence-corrected chi connectivity index (χ4v) is 15.2. The van der Waals surface area contributed by atoms with Crippen LogP contribution in [0, 0.1) is 58.2 Å². The van der Waals surface area contributed by atoms with Gasteiger partial charge in [-0.25, -0.2) is 5.43 Å². The second kappa shape index (κ2) is 42.6. The number of hydrazine groups is 1. The fraction of sp³-hybridized carbons (Fsp3) is 0.733. The molecule has 0 radical (unpaired) electrons. The Morgan fingerprint density at radius 2 is 1.49 bits per heavy atom. The molecule has 2 amide bonds. The highest BCUT2D eigenvalue weighted by atomic mass is 16.5. The zero-order valence-corrected chi connectivity index (χ0v) is 65.8. The van der Waals surface area contributed by atoms with Gasteiger partial charge in [0.2, 0.25) is 5.91 Å². The molecule has 12 heteroatoms. The number of rotatable bonds is 32. The molecular formula is C86H142N6O6. The molecule has 552 valence electrons. The third-order valence-electron chi connectivity index (χ3n) is 22.7. The molecule has 3 aliphatic carbocycles. The van der Waals surface area contributed by atoms with Gasteiger partial charge in [-0.1, -0.05) is 186 Å². The SMILES string of the molecule is CCC(C1CC1)C(C)C(C)=O.CCCC(C)C.CCCOCC(C)CC.CCc1cnc(C(C)OC)c(-c2c(CC(C)(C)CC)c3cc(-c4cccc(CC(NC(=O)C(C5CCCC5)N5CCCC(CC)(CC(C)CC)C5)C(=O)N5CCCCN5)c4)ccc3n2CC)c1.O=CC1CC1. The molecule has 5 aliphatic rings. The molecule has 9 rings (SSSR count). The van der Waals surface area contributed by atoms with Gasteiger partial charge in [-0.3, -0.25) is 29.3 Å². The quantitative estimate of drug-likeness (QED) is 0.0362. The Labute approximate surface area is 598 Å². The van der Waals surface area contributed by atoms with Crippen LogP contribution in [0.1, 0.15) is 288 Å². The van der Waals surface area contributed by atoms with E-state index < -0.39 is 6.04 Å². The first-order valence-corrected chi connectivity index (χ1v) is 39.8. The number of nitrogens with one attached hydrogen (secondary N) is 2. The second-order valence-electron chi connectivity index (χ2n) is 31.8. The summed E-state index contributed by atoms with van der Waals surface area (Å²) in [5.74, 6) is 5.28. The van der Waals surface area contributed by atoms with Gasteiger partial charge in [0.1, 0.15) is 18.1 Å². The van der Waals surface area contributed by atoms with Crippen LogP contribution in [0.2, 0.25) is 0 Å². The Hall–Kier alpha value is -4.75. The summed E-state index contributed by atoms with van der Waals surface area (Å²) in [6.45, 7) is 45.9. The van der Waals surface area contributed by atoms with Crippen molar-refractivity contribution in [3.63, 3.8) is 0 Å². The number of fused-ring (bicyclic) bond motifs is 1. The zero-order valence-electron chi connectivity index (χ0n) is 65.8. The number of aryl methyl sites for hydroxylation is 2. The number of aldehydes is 1. The Morgan fingerprint density at radius 1 is 0.786 bits per heavy atom. The number of piperidine rings is 1. The third-order valence-corrected chi connectivity index (χ3v) is 22.7. The number of benzene rings is 2. The Kier molecular flexibility index (Phi) is 36.5. The summed E-state index contributed by atoms with van der Waals surface area (Å²) in [7, 11) is 1.77. The van der Waals surface area contributed by atoms with Gasteiger partial charge < -0.3 is 24.2 Å². The largest absolute Gasteiger partial charge is 0.381 e. The van der Waals surface area contributed by atoms with E-state index in [0.717, 1.165) is 168 Å². The maximum absolute atomic E-state index is 15.1. The Bertz CT molecular complexity index is 2980. The van der Waals surface area contributed by atoms with Crippen molar-refractivity contribution < 1.29 is 28.7 Å². The number of ether oxygens (including phenoxy) is 2. The molecule has 12 nitrogen and oxygen atoms in total. The molecule has 5 fully saturated rings. The average Bonchev–Trinajstić information content (AvgIpc) is 1.57. The van der Waals surface area contributed by atoms with Gasteiger partial charge in [0, 0.05) is 87.4 Å². The van der Waals surface area contributed by atoms with E-state index in [0.29, 0.717) is 48.3 Å². The first kappa shape index (κ1) is 83.9. The zero-order chi connectivity index (χ0) is 72.1. The maximum atomic E-state index is 15.1. The monoisotopic (exact) mass is 1360 g/mol. The lowest BCUT2D eigenvalue weighted by atomic mass is 9.71. The predicted octanol–water partition coefficient (Wildman–Crippen LogP) is 20.4. The Balaban J connectivity index is 0.000000455. The van der Waals surface area contributed by atoms with E-state index in [4.69, 9.17) is 14.5 Å². The normalized spacial score (nSPS) is 19.6. The molecule has 0 bridgehead atoms. The van der Waals surface area contributed by atoms with Crippen LogP contribution in [0.15, 0.2) is 54.7 Å². The van der Waals surface area contributed by atoms with Crippen LogP contribution in [0.3, 0.4) is 0 Å². The number of hydrogen-bond acceptors (Lipinski definition) is 9. The molecule has 2 aliphatic heterocycles. The number of pyridine rings is 1. The van der Waals surface area contributed by atoms with Gasteiger partial charge in [-0.15, -0.1) is 0 Å². The minimum Gasteiger partial charge on any atom is -0.381 e. The number of carbonyl (C=O) groups excluding carboxylic acids is 4. The number of carbonyl (C=O) groups is 4. The molecule has 4 aromatic rings. The van der Waals surface area contributed by atoms with E-state index in [1.54, 1.807) is 19.0 Å². The lowest BCUT2D eigenvalue weighted by molar-refractivity contribution is -0.142. The molecule has 3 saturated carbocycles. The van der Waals surface area contributed by atoms with Crippen LogP contribution in [0.25, 0.3) is 33.3 Å². The molecule has 2 aromatic carbocycles. The number of nitrogens with zero attached hydrogens (tertiary/aromatic N) is 4. The van der Waals surface area contributed by atoms with Gasteiger partial charge in [0.05, 0.1) is 23.5 Å². The lowest BCUT2D eigenvalue weighted by Gasteiger charge is -2.47. The van der Waals surface area contributed by atoms with E-state index in [1.807, 2.05) is 6.20 Å². The van der Waals surface area contributed by atoms with Crippen LogP contribution in [0.5, 0.6) is 0 Å². The van der Waals surface area contributed by atoms with E-state index in [2.05, 4.69) is 186 Å². The van der Waals surface area contributed by atoms with Crippen molar-refractivity contribution in [2.45, 2.75) is 303 Å². The van der Waals surface area contributed by atoms with E-state index >= 15 is 4.79 Å². The predicted molar refractivity (Wildman–Crippen MR) is 412 cm³/mol. The summed E-state index contributed by atoms with van der Waals surface area (Å²) >= 11 is 0. The minimum atomic E-state index is -0.680. The summed E-state index contributed by atoms with van der Waals surface area (Å²) in [5, 5.41) is 6.53. The number of amides is 2. The molecule has 0 spiro atoms. The molecule has 8 atom stereocenters. The number of methoxy groups -OCH3 is 1. The van der Waals surface area contributed by atoms with Crippen LogP contribution >= 0.6 is 0 Å². The number of aromatic nitrogens is 2. The van der Waals surface area contributed by atoms with Crippen LogP contribution in [-0.2, 0) is 54.5 Å². The smallest absolute Gasteiger partial charge is 0.259 e. The molecule has 2 saturated heterocycles. The first-order valence-electron chi connectivity index (χ1n) is 39.8. The van der Waals surface area contributed by atoms with Gasteiger partial charge in [0.15, 0.2) is 0 Å². The second-order valence-corrected chi connectivity index (χ2v) is 31.8. The highest BCUT2D eigenvalue weighted by Gasteiger charge is 2.44. The van der Waals surface area contributed by atoms with E-state index in [9.17, 15) is 14.4 Å². The van der Waals surface area contributed by atoms with Gasteiger partial charge in [-0.2, -0.15) is 0 Å². The average molecular weight is 1360 g/mol. The fourth-order valence-electron chi connectivity index (χ4n) is 15.2. The number of Topliss-reactive ketones (excluding diaryl/α,β-unsaturated/α-hetero) is 1. The van der Waals surface area contributed by atoms with Crippen molar-refractivity contribution in [2.75, 3.05) is 46.5 Å². The van der Waals surface area contributed by atoms with Gasteiger partial charge >= 0.3 is 0 Å². The number of ketones is 1. The first-order chi connectivity index (χ1) is 46.9. The van der Waals surface area contributed by atoms with Gasteiger partial charge in [0.25, 0.3) is 5.91 Å². The molecule has 8 unspecified atom stereocenters. The topological polar surface area (TPSA) is 135 Å². The number of likely N-dealkylation sites (tertiary alicyclic amines) is 1. The van der Waals surface area contributed by atoms with E-state index in [1.165, 1.54) is 98.4 Å². The summed E-state index contributed by atoms with van der Waals surface area (Å²) < 4.78 is 13.8. The standard InChI is InChI=1S/C58H86N6O3.C10H18O.C8H18O.C6H14.C4H6O/c1-11-40(6)36-58(14-4)28-21-30-62(39-58)53(44-23-16-17-24-44)55(65)61-50(56(66)64-31-19-18-29-60-64)34-43-22-20-25-45(32-43)46-26-27-51-47(35-46)49(37-57(8,9)13-3)54(63(51)15-5)48-33-42(12-2)38-59-52(48)41(7)67-10;1-4-10(9-5-6-9)7(2)8(3)11;1-4-6-9-7-8(3)5-2;1-4-5-6(2)3;5-3-4-1-2-4/h20,22,25-27,32-33,35,38,40-41,44,50,53,60H,11-19,21,23-24,28-31,34,36-37,39H2,1-10H3,(H,61,65);7,9-10H,4-6H2,1-3H3;8H,4-7H2,1-3H3;6H,4-5H2,1-3H3;3-4H,1-2H2. The summed E-state index contributed by atoms with van der Waals surface area (Å²) in [6, 6.07) is 17.1. The van der Waals surface area contributed by atoms with Crippen molar-refractivity contribution in [1.29, 1.82) is 0 Å². The molecule has 2 N–H and O–H groups in total. The summed E-state index contributed by atoms with van der Waals surface area (Å²) in [6.07, 6.45) is 29.8. The number of hydrogen-bond donors (Lipinski definition) is 2. The molecule has 98 heavy (non-hydrogen) atoms. The van der Waals surface area contributed by atoms with Crippen molar-refractivity contribution in [1.82, 2.24) is 30.2 Å². The summed E-state index contributed by atoms with van der Waals surface area (Å²) in [5.41, 5.74) is 14.1. The van der Waals surface area contributed by atoms with E-state index in [-0.39, 0.29) is 34.8 Å². The molecule has 2 aromatic heterocycles. The molecular weight excluding hydrogens is 1210 g/mol. The summed E-state index contributed by atoms with van der Waals surface area (Å²) in [4.78, 5) is 58.0. The van der Waals surface area contributed by atoms with Crippen molar-refractivity contribution in [3.8, 4) is 22.4 Å². The highest BCUT2D eigenvalue weighted by molar-refractivity contribution is 5.95. The van der Waals surface area contributed by atoms with Crippen LogP contribution in [-0.4, -0.2) is 102 Å². The minimum absolute atomic E-state index is 0.0382. The third kappa shape index (κ3) is 25.6. The van der Waals surface area contributed by atoms with Crippen molar-refractivity contribution >= 4 is 34.8 Å². The van der Waals surface area contributed by atoms with Gasteiger partial charge in [-0.05, 0) is 216 Å². The maximum Gasteiger partial charge on any atom is 0.259 e. The highest BCUT2D eigenvalue weighted by Crippen LogP contribution is 2.46. The Morgan fingerprint density at radius 3 is 2.02 bits per heavy atom. The van der Waals surface area contributed by atoms with Crippen LogP contribution < -0.4 is 10.7 Å². The molecule has 4 heterocycles. The van der Waals surface area contributed by atoms with Crippen molar-refractivity contribution in [3.05, 3.63) is 77.1 Å².